The molecule has 1 heterocycles. The van der Waals surface area contributed by atoms with E-state index in [0.29, 0.717) is 39.2 Å². The number of benzene rings is 3. The number of amides is 2. The molecule has 45 heavy (non-hydrogen) atoms. The minimum atomic E-state index is -0.629. The summed E-state index contributed by atoms with van der Waals surface area (Å²) in [5.74, 6) is 0.549. The maximum Gasteiger partial charge on any atom is 0.341 e. The first-order valence-corrected chi connectivity index (χ1v) is 16.5. The van der Waals surface area contributed by atoms with Crippen molar-refractivity contribution in [3.63, 3.8) is 0 Å². The molecule has 0 bridgehead atoms. The number of anilines is 2. The maximum absolute atomic E-state index is 14.0. The number of thioether (sulfide) groups is 1. The standard InChI is InChI=1S/C35H36N2O6S2/c1-5-43-35(40)30-26-16-14-21(2)18-29(26)45-34(30)37-33(39)31(22-10-7-6-8-11-22)44-25-13-9-12-24(20-25)36-32(38)23-15-17-27(41-3)28(19-23)42-4/h6-13,15,17,19-21,31H,5,14,16,18H2,1-4H3,(H,36,38)(H,37,39). The van der Waals surface area contributed by atoms with Gasteiger partial charge in [0.1, 0.15) is 10.3 Å². The van der Waals surface area contributed by atoms with Crippen LogP contribution >= 0.6 is 23.1 Å². The Labute approximate surface area is 271 Å². The molecule has 2 unspecified atom stereocenters. The Morgan fingerprint density at radius 3 is 2.47 bits per heavy atom. The molecule has 0 saturated carbocycles. The third-order valence-corrected chi connectivity index (χ3v) is 9.98. The summed E-state index contributed by atoms with van der Waals surface area (Å²) in [4.78, 5) is 42.1. The topological polar surface area (TPSA) is 103 Å². The molecule has 2 atom stereocenters. The van der Waals surface area contributed by atoms with Crippen LogP contribution in [-0.2, 0) is 22.4 Å². The fourth-order valence-electron chi connectivity index (χ4n) is 5.30. The average molecular weight is 645 g/mol. The number of esters is 1. The van der Waals surface area contributed by atoms with Gasteiger partial charge < -0.3 is 24.8 Å². The highest BCUT2D eigenvalue weighted by Crippen LogP contribution is 2.42. The minimum Gasteiger partial charge on any atom is -0.493 e. The molecule has 2 amide bonds. The predicted octanol–water partition coefficient (Wildman–Crippen LogP) is 7.79. The largest absolute Gasteiger partial charge is 0.493 e. The molecule has 4 aromatic rings. The minimum absolute atomic E-state index is 0.247. The highest BCUT2D eigenvalue weighted by molar-refractivity contribution is 8.00. The average Bonchev–Trinajstić information content (AvgIpc) is 3.40. The number of carbonyl (C=O) groups excluding carboxylic acids is 3. The summed E-state index contributed by atoms with van der Waals surface area (Å²) in [5.41, 5.74) is 3.28. The van der Waals surface area contributed by atoms with Gasteiger partial charge in [-0.25, -0.2) is 4.79 Å². The Balaban J connectivity index is 1.39. The van der Waals surface area contributed by atoms with Gasteiger partial charge >= 0.3 is 5.97 Å². The lowest BCUT2D eigenvalue weighted by Crippen LogP contribution is -2.20. The summed E-state index contributed by atoms with van der Waals surface area (Å²) < 4.78 is 16.0. The second kappa shape index (κ2) is 14.7. The van der Waals surface area contributed by atoms with Crippen molar-refractivity contribution in [3.8, 4) is 11.5 Å². The first-order chi connectivity index (χ1) is 21.8. The van der Waals surface area contributed by atoms with E-state index in [4.69, 9.17) is 14.2 Å². The van der Waals surface area contributed by atoms with Gasteiger partial charge in [0, 0.05) is 21.0 Å². The van der Waals surface area contributed by atoms with Crippen LogP contribution in [0.4, 0.5) is 10.7 Å². The van der Waals surface area contributed by atoms with Gasteiger partial charge in [-0.05, 0) is 79.6 Å². The molecule has 0 radical (unpaired) electrons. The van der Waals surface area contributed by atoms with Crippen LogP contribution in [0, 0.1) is 5.92 Å². The molecule has 234 valence electrons. The lowest BCUT2D eigenvalue weighted by Gasteiger charge is -2.19. The SMILES string of the molecule is CCOC(=O)c1c(NC(=O)C(Sc2cccc(NC(=O)c3ccc(OC)c(OC)c3)c2)c2ccccc2)sc2c1CCC(C)C2. The number of hydrogen-bond acceptors (Lipinski definition) is 8. The Bertz CT molecular complexity index is 1690. The van der Waals surface area contributed by atoms with Crippen molar-refractivity contribution in [3.05, 3.63) is 99.9 Å². The highest BCUT2D eigenvalue weighted by atomic mass is 32.2. The fraction of sp³-hybridized carbons (Fsp3) is 0.286. The number of hydrogen-bond donors (Lipinski definition) is 2. The monoisotopic (exact) mass is 644 g/mol. The van der Waals surface area contributed by atoms with Gasteiger partial charge in [0.2, 0.25) is 5.91 Å². The van der Waals surface area contributed by atoms with Gasteiger partial charge in [-0.15, -0.1) is 23.1 Å². The predicted molar refractivity (Wildman–Crippen MR) is 179 cm³/mol. The van der Waals surface area contributed by atoms with Crippen molar-refractivity contribution >= 4 is 51.6 Å². The van der Waals surface area contributed by atoms with Crippen LogP contribution in [0.2, 0.25) is 0 Å². The molecule has 0 fully saturated rings. The van der Waals surface area contributed by atoms with Crippen LogP contribution in [0.25, 0.3) is 0 Å². The first kappa shape index (κ1) is 32.1. The van der Waals surface area contributed by atoms with Crippen molar-refractivity contribution in [2.24, 2.45) is 5.92 Å². The van der Waals surface area contributed by atoms with E-state index >= 15 is 0 Å². The third-order valence-electron chi connectivity index (χ3n) is 7.56. The Morgan fingerprint density at radius 1 is 0.956 bits per heavy atom. The van der Waals surface area contributed by atoms with Gasteiger partial charge in [-0.2, -0.15) is 0 Å². The molecule has 1 aliphatic carbocycles. The van der Waals surface area contributed by atoms with Crippen molar-refractivity contribution in [1.29, 1.82) is 0 Å². The van der Waals surface area contributed by atoms with E-state index < -0.39 is 11.2 Å². The lowest BCUT2D eigenvalue weighted by molar-refractivity contribution is -0.115. The van der Waals surface area contributed by atoms with E-state index in [1.54, 1.807) is 31.2 Å². The Morgan fingerprint density at radius 2 is 1.73 bits per heavy atom. The van der Waals surface area contributed by atoms with Crippen LogP contribution in [-0.4, -0.2) is 38.6 Å². The zero-order chi connectivity index (χ0) is 31.9. The summed E-state index contributed by atoms with van der Waals surface area (Å²) >= 11 is 2.84. The lowest BCUT2D eigenvalue weighted by atomic mass is 9.88. The Kier molecular flexibility index (Phi) is 10.5. The zero-order valence-corrected chi connectivity index (χ0v) is 27.3. The number of thiophene rings is 1. The second-order valence-corrected chi connectivity index (χ2v) is 13.0. The number of carbonyl (C=O) groups is 3. The van der Waals surface area contributed by atoms with E-state index in [1.807, 2.05) is 48.5 Å². The molecule has 0 aliphatic heterocycles. The van der Waals surface area contributed by atoms with E-state index in [0.717, 1.165) is 40.2 Å². The van der Waals surface area contributed by atoms with Crippen LogP contribution in [0.1, 0.15) is 62.2 Å². The van der Waals surface area contributed by atoms with E-state index in [-0.39, 0.29) is 18.4 Å². The fourth-order valence-corrected chi connectivity index (χ4v) is 7.79. The molecular formula is C35H36N2O6S2. The normalized spacial score (nSPS) is 14.5. The molecule has 3 aromatic carbocycles. The molecule has 0 spiro atoms. The summed E-state index contributed by atoms with van der Waals surface area (Å²) in [7, 11) is 3.06. The summed E-state index contributed by atoms with van der Waals surface area (Å²) in [6, 6.07) is 21.8. The van der Waals surface area contributed by atoms with Crippen molar-refractivity contribution in [1.82, 2.24) is 0 Å². The van der Waals surface area contributed by atoms with Crippen LogP contribution in [0.15, 0.2) is 77.7 Å². The first-order valence-electron chi connectivity index (χ1n) is 14.8. The summed E-state index contributed by atoms with van der Waals surface area (Å²) in [6.45, 7) is 4.25. The zero-order valence-electron chi connectivity index (χ0n) is 25.7. The van der Waals surface area contributed by atoms with Gasteiger partial charge in [-0.1, -0.05) is 43.3 Å². The van der Waals surface area contributed by atoms with Crippen LogP contribution in [0.5, 0.6) is 11.5 Å². The van der Waals surface area contributed by atoms with Crippen LogP contribution < -0.4 is 20.1 Å². The molecule has 10 heteroatoms. The quantitative estimate of drug-likeness (QED) is 0.127. The number of rotatable bonds is 11. The van der Waals surface area contributed by atoms with E-state index in [1.165, 1.54) is 37.3 Å². The Hall–Kier alpha value is -4.28. The molecule has 2 N–H and O–H groups in total. The van der Waals surface area contributed by atoms with Crippen molar-refractivity contribution in [2.75, 3.05) is 31.5 Å². The number of nitrogens with one attached hydrogen (secondary N) is 2. The number of fused-ring (bicyclic) bond motifs is 1. The van der Waals surface area contributed by atoms with Gasteiger partial charge in [0.15, 0.2) is 11.5 Å². The second-order valence-electron chi connectivity index (χ2n) is 10.7. The van der Waals surface area contributed by atoms with Gasteiger partial charge in [0.25, 0.3) is 5.91 Å². The third kappa shape index (κ3) is 7.51. The molecule has 8 nitrogen and oxygen atoms in total. The van der Waals surface area contributed by atoms with E-state index in [9.17, 15) is 14.4 Å². The number of methoxy groups -OCH3 is 2. The van der Waals surface area contributed by atoms with Gasteiger partial charge in [0.05, 0.1) is 26.4 Å². The molecule has 5 rings (SSSR count). The van der Waals surface area contributed by atoms with Crippen molar-refractivity contribution < 1.29 is 28.6 Å². The molecule has 1 aliphatic rings. The molecular weight excluding hydrogens is 609 g/mol. The summed E-state index contributed by atoms with van der Waals surface area (Å²) in [5, 5.41) is 5.94. The smallest absolute Gasteiger partial charge is 0.341 e. The van der Waals surface area contributed by atoms with E-state index in [2.05, 4.69) is 17.6 Å². The van der Waals surface area contributed by atoms with Crippen LogP contribution in [0.3, 0.4) is 0 Å². The summed E-state index contributed by atoms with van der Waals surface area (Å²) in [6.07, 6.45) is 2.65. The number of ether oxygens (including phenoxy) is 3. The maximum atomic E-state index is 14.0. The molecule has 0 saturated heterocycles. The van der Waals surface area contributed by atoms with Gasteiger partial charge in [-0.3, -0.25) is 9.59 Å². The molecule has 1 aromatic heterocycles. The van der Waals surface area contributed by atoms with Crippen molar-refractivity contribution in [2.45, 2.75) is 43.3 Å². The highest BCUT2D eigenvalue weighted by Gasteiger charge is 2.31.